The Bertz CT molecular complexity index is 2780. The molecule has 318 valence electrons. The number of benzene rings is 1. The van der Waals surface area contributed by atoms with Gasteiger partial charge in [0.15, 0.2) is 28.3 Å². The van der Waals surface area contributed by atoms with Crippen molar-refractivity contribution < 1.29 is 47.7 Å². The maximum Gasteiger partial charge on any atom is 0.373 e. The number of hydrogen-bond donors (Lipinski definition) is 1. The number of fused-ring (bicyclic) bond motifs is 3. The summed E-state index contributed by atoms with van der Waals surface area (Å²) in [5.41, 5.74) is 3.58. The Morgan fingerprint density at radius 1 is 0.885 bits per heavy atom. The zero-order chi connectivity index (χ0) is 45.0. The summed E-state index contributed by atoms with van der Waals surface area (Å²) in [6.07, 6.45) is 5.60. The molecule has 6 heterocycles. The highest BCUT2D eigenvalue weighted by atomic mass is 79.9. The zero-order valence-electron chi connectivity index (χ0n) is 33.1. The second-order valence-corrected chi connectivity index (χ2v) is 14.9. The van der Waals surface area contributed by atoms with E-state index in [1.165, 1.54) is 46.5 Å². The van der Waals surface area contributed by atoms with Crippen LogP contribution in [0.2, 0.25) is 5.15 Å². The number of aromatic carboxylic acids is 1. The van der Waals surface area contributed by atoms with Crippen LogP contribution in [0.15, 0.2) is 76.1 Å². The molecular weight excluding hydrogens is 953 g/mol. The van der Waals surface area contributed by atoms with Crippen molar-refractivity contribution in [1.29, 1.82) is 0 Å². The van der Waals surface area contributed by atoms with Crippen molar-refractivity contribution in [1.82, 2.24) is 43.8 Å². The van der Waals surface area contributed by atoms with Crippen LogP contribution in [0.1, 0.15) is 66.9 Å². The second kappa shape index (κ2) is 21.2. The standard InChI is InChI=1S/C21H22FN3O2.C9H8BrN3O3.C8H5BrClN3O2.CO2/c1-5-15-10-11-23-19-13-18(24-25(15)19)16-8-6-14(12-17(16)22)7-9-20(26)27-21(2,3)4;1-2-16-8-3-5(9(14)15)11-7-4-6(10)12-13(7)8;1-15-8(14)4-2-6(10)13-7(11-4)3-5(9)12-13;2-1-3/h6-13H,5H2,1-4H3;3-4H,2H2,1H3,(H,14,15);2-3H,1H3;/b9-7+;;;. The van der Waals surface area contributed by atoms with Gasteiger partial charge < -0.3 is 19.3 Å². The minimum Gasteiger partial charge on any atom is -0.478 e. The number of esters is 2. The lowest BCUT2D eigenvalue weighted by Crippen LogP contribution is -2.22. The predicted octanol–water partition coefficient (Wildman–Crippen LogP) is 7.39. The minimum absolute atomic E-state index is 0.0663. The highest BCUT2D eigenvalue weighted by Gasteiger charge is 2.16. The summed E-state index contributed by atoms with van der Waals surface area (Å²) in [6, 6.07) is 14.4. The number of hydrogen-bond acceptors (Lipinski definition) is 14. The van der Waals surface area contributed by atoms with Crippen LogP contribution in [0.5, 0.6) is 5.88 Å². The van der Waals surface area contributed by atoms with Gasteiger partial charge in [0.05, 0.1) is 19.4 Å². The van der Waals surface area contributed by atoms with Crippen LogP contribution in [0.4, 0.5) is 4.39 Å². The van der Waals surface area contributed by atoms with Crippen LogP contribution in [0.3, 0.4) is 0 Å². The van der Waals surface area contributed by atoms with Crippen LogP contribution in [0.25, 0.3) is 34.3 Å². The summed E-state index contributed by atoms with van der Waals surface area (Å²) in [5, 5.41) is 21.8. The molecule has 6 aromatic heterocycles. The lowest BCUT2D eigenvalue weighted by molar-refractivity contribution is -0.191. The Balaban J connectivity index is 0.000000206. The van der Waals surface area contributed by atoms with E-state index in [1.807, 2.05) is 19.9 Å². The molecule has 0 atom stereocenters. The third-order valence-electron chi connectivity index (χ3n) is 7.51. The number of nitrogens with zero attached hydrogens (tertiary/aromatic N) is 9. The van der Waals surface area contributed by atoms with Gasteiger partial charge in [-0.15, -0.1) is 0 Å². The van der Waals surface area contributed by atoms with Crippen molar-refractivity contribution in [3.05, 3.63) is 110 Å². The lowest BCUT2D eigenvalue weighted by Gasteiger charge is -2.17. The molecule has 1 N–H and O–H groups in total. The number of ether oxygens (including phenoxy) is 3. The van der Waals surface area contributed by atoms with E-state index in [0.717, 1.165) is 12.1 Å². The molecule has 1 aromatic carbocycles. The van der Waals surface area contributed by atoms with Crippen LogP contribution < -0.4 is 4.74 Å². The highest BCUT2D eigenvalue weighted by molar-refractivity contribution is 9.10. The molecule has 22 heteroatoms. The Labute approximate surface area is 367 Å². The van der Waals surface area contributed by atoms with Crippen molar-refractivity contribution in [3.8, 4) is 17.1 Å². The first kappa shape index (κ1) is 47.3. The van der Waals surface area contributed by atoms with Gasteiger partial charge in [-0.05, 0) is 95.8 Å². The van der Waals surface area contributed by atoms with E-state index in [9.17, 15) is 18.8 Å². The van der Waals surface area contributed by atoms with Gasteiger partial charge in [0.2, 0.25) is 5.88 Å². The number of carboxylic acid groups (broad SMARTS) is 1. The molecular formula is C39H35Br2ClFN9O9. The summed E-state index contributed by atoms with van der Waals surface area (Å²) in [5.74, 6) is -2.15. The molecule has 7 aromatic rings. The number of carbonyl (C=O) groups excluding carboxylic acids is 4. The van der Waals surface area contributed by atoms with E-state index in [2.05, 4.69) is 66.8 Å². The molecule has 18 nitrogen and oxygen atoms in total. The number of halogens is 4. The van der Waals surface area contributed by atoms with Gasteiger partial charge in [-0.25, -0.2) is 42.8 Å². The van der Waals surface area contributed by atoms with E-state index in [1.54, 1.807) is 61.8 Å². The van der Waals surface area contributed by atoms with Crippen molar-refractivity contribution in [2.24, 2.45) is 0 Å². The molecule has 0 bridgehead atoms. The average Bonchev–Trinajstić information content (AvgIpc) is 3.92. The Morgan fingerprint density at radius 2 is 1.52 bits per heavy atom. The monoisotopic (exact) mass is 985 g/mol. The summed E-state index contributed by atoms with van der Waals surface area (Å²) in [4.78, 5) is 62.3. The normalized spacial score (nSPS) is 10.9. The molecule has 0 unspecified atom stereocenters. The molecule has 0 aliphatic rings. The van der Waals surface area contributed by atoms with Gasteiger partial charge in [0.1, 0.15) is 25.8 Å². The first-order valence-corrected chi connectivity index (χ1v) is 19.6. The van der Waals surface area contributed by atoms with E-state index in [0.29, 0.717) is 60.6 Å². The van der Waals surface area contributed by atoms with Crippen molar-refractivity contribution in [2.45, 2.75) is 46.6 Å². The van der Waals surface area contributed by atoms with E-state index < -0.39 is 29.3 Å². The molecule has 0 aliphatic heterocycles. The molecule has 7 rings (SSSR count). The zero-order valence-corrected chi connectivity index (χ0v) is 37.0. The third kappa shape index (κ3) is 12.8. The topological polar surface area (TPSA) is 224 Å². The fourth-order valence-electron chi connectivity index (χ4n) is 5.08. The summed E-state index contributed by atoms with van der Waals surface area (Å²) >= 11 is 12.3. The molecule has 0 saturated carbocycles. The number of carboxylic acids is 1. The van der Waals surface area contributed by atoms with Gasteiger partial charge in [0.25, 0.3) is 0 Å². The minimum atomic E-state index is -1.10. The second-order valence-electron chi connectivity index (χ2n) is 12.9. The van der Waals surface area contributed by atoms with Crippen molar-refractivity contribution in [2.75, 3.05) is 13.7 Å². The van der Waals surface area contributed by atoms with Gasteiger partial charge in [0, 0.05) is 53.9 Å². The predicted molar refractivity (Wildman–Crippen MR) is 223 cm³/mol. The fourth-order valence-corrected chi connectivity index (χ4v) is 6.04. The highest BCUT2D eigenvalue weighted by Crippen LogP contribution is 2.25. The average molecular weight is 988 g/mol. The van der Waals surface area contributed by atoms with Crippen LogP contribution >= 0.6 is 43.5 Å². The van der Waals surface area contributed by atoms with Gasteiger partial charge in [-0.2, -0.15) is 29.4 Å². The molecule has 0 amide bonds. The quantitative estimate of drug-likeness (QED) is 0.0890. The van der Waals surface area contributed by atoms with Crippen LogP contribution in [-0.4, -0.2) is 92.3 Å². The smallest absolute Gasteiger partial charge is 0.373 e. The number of aryl methyl sites for hydroxylation is 1. The summed E-state index contributed by atoms with van der Waals surface area (Å²) < 4.78 is 35.4. The number of aromatic nitrogens is 9. The largest absolute Gasteiger partial charge is 0.478 e. The van der Waals surface area contributed by atoms with Crippen molar-refractivity contribution >= 4 is 90.5 Å². The van der Waals surface area contributed by atoms with Crippen molar-refractivity contribution in [3.63, 3.8) is 0 Å². The Morgan fingerprint density at radius 3 is 2.11 bits per heavy atom. The fraction of sp³-hybridized carbons (Fsp3) is 0.231. The van der Waals surface area contributed by atoms with E-state index in [4.69, 9.17) is 35.8 Å². The van der Waals surface area contributed by atoms with Gasteiger partial charge >= 0.3 is 24.1 Å². The molecule has 61 heavy (non-hydrogen) atoms. The van der Waals surface area contributed by atoms with Crippen LogP contribution in [0, 0.1) is 5.82 Å². The van der Waals surface area contributed by atoms with E-state index >= 15 is 0 Å². The number of methoxy groups -OCH3 is 1. The van der Waals surface area contributed by atoms with Gasteiger partial charge in [-0.3, -0.25) is 0 Å². The first-order valence-electron chi connectivity index (χ1n) is 17.7. The summed E-state index contributed by atoms with van der Waals surface area (Å²) in [7, 11) is 1.29. The van der Waals surface area contributed by atoms with Gasteiger partial charge in [-0.1, -0.05) is 24.6 Å². The SMILES string of the molecule is CCOc1cc(C(=O)O)nc2cc(Br)nn12.CCc1ccnc2cc(-c3ccc(/C=C/C(=O)OC(C)(C)C)cc3F)nn12.COC(=O)c1cc(Cl)n2nc(Br)cc2n1.O=C=O. The molecule has 0 fully saturated rings. The third-order valence-corrected chi connectivity index (χ3v) is 8.56. The Hall–Kier alpha value is -6.41. The first-order chi connectivity index (χ1) is 28.9. The number of rotatable bonds is 8. The lowest BCUT2D eigenvalue weighted by atomic mass is 10.1. The Kier molecular flexibility index (Phi) is 16.4. The molecule has 0 aliphatic carbocycles. The maximum atomic E-state index is 14.6. The molecule has 0 saturated heterocycles. The maximum absolute atomic E-state index is 14.6. The number of carbonyl (C=O) groups is 3. The van der Waals surface area contributed by atoms with E-state index in [-0.39, 0.29) is 17.5 Å². The summed E-state index contributed by atoms with van der Waals surface area (Å²) in [6.45, 7) is 9.64. The molecule has 0 radical (unpaired) electrons. The van der Waals surface area contributed by atoms with Crippen LogP contribution in [-0.2, 0) is 30.3 Å². The molecule has 0 spiro atoms.